The summed E-state index contributed by atoms with van der Waals surface area (Å²) in [5.41, 5.74) is 2.07. The van der Waals surface area contributed by atoms with E-state index in [1.54, 1.807) is 0 Å². The SMILES string of the molecule is c1cc2c(cc1Cc1noc(Cc3ccc4c(c3)OCO4)n1)OCO2. The summed E-state index contributed by atoms with van der Waals surface area (Å²) in [6, 6.07) is 11.6. The molecule has 0 fully saturated rings. The summed E-state index contributed by atoms with van der Waals surface area (Å²) in [4.78, 5) is 4.47. The Labute approximate surface area is 143 Å². The molecule has 5 rings (SSSR count). The van der Waals surface area contributed by atoms with E-state index in [4.69, 9.17) is 23.5 Å². The van der Waals surface area contributed by atoms with Crippen LogP contribution in [-0.2, 0) is 12.8 Å². The van der Waals surface area contributed by atoms with E-state index in [1.807, 2.05) is 36.4 Å². The van der Waals surface area contributed by atoms with Crippen molar-refractivity contribution in [3.63, 3.8) is 0 Å². The fourth-order valence-electron chi connectivity index (χ4n) is 2.89. The van der Waals surface area contributed by atoms with Gasteiger partial charge in [-0.2, -0.15) is 4.98 Å². The summed E-state index contributed by atoms with van der Waals surface area (Å²) in [6.45, 7) is 0.527. The lowest BCUT2D eigenvalue weighted by Gasteiger charge is -2.00. The van der Waals surface area contributed by atoms with Gasteiger partial charge in [0, 0.05) is 6.42 Å². The van der Waals surface area contributed by atoms with Crippen LogP contribution in [0.4, 0.5) is 0 Å². The molecule has 2 aliphatic heterocycles. The molecule has 0 radical (unpaired) electrons. The number of aromatic nitrogens is 2. The molecule has 1 aromatic heterocycles. The molecule has 25 heavy (non-hydrogen) atoms. The van der Waals surface area contributed by atoms with Gasteiger partial charge in [-0.1, -0.05) is 17.3 Å². The highest BCUT2D eigenvalue weighted by atomic mass is 16.7. The molecule has 126 valence electrons. The molecule has 2 aliphatic rings. The number of rotatable bonds is 4. The highest BCUT2D eigenvalue weighted by Gasteiger charge is 2.16. The van der Waals surface area contributed by atoms with Crippen molar-refractivity contribution < 1.29 is 23.5 Å². The number of hydrogen-bond acceptors (Lipinski definition) is 7. The van der Waals surface area contributed by atoms with Crippen LogP contribution in [0, 0.1) is 0 Å². The van der Waals surface area contributed by atoms with E-state index in [2.05, 4.69) is 10.1 Å². The number of fused-ring (bicyclic) bond motifs is 2. The number of hydrogen-bond donors (Lipinski definition) is 0. The molecule has 0 bridgehead atoms. The minimum Gasteiger partial charge on any atom is -0.454 e. The van der Waals surface area contributed by atoms with Crippen LogP contribution in [-0.4, -0.2) is 23.7 Å². The van der Waals surface area contributed by atoms with Crippen LogP contribution in [0.2, 0.25) is 0 Å². The van der Waals surface area contributed by atoms with Gasteiger partial charge in [0.25, 0.3) is 0 Å². The summed E-state index contributed by atoms with van der Waals surface area (Å²) in [5.74, 6) is 4.22. The van der Waals surface area contributed by atoms with Crippen molar-refractivity contribution in [3.05, 3.63) is 59.2 Å². The van der Waals surface area contributed by atoms with Crippen LogP contribution in [0.1, 0.15) is 22.8 Å². The topological polar surface area (TPSA) is 75.8 Å². The number of nitrogens with zero attached hydrogens (tertiary/aromatic N) is 2. The lowest BCUT2D eigenvalue weighted by molar-refractivity contribution is 0.173. The maximum atomic E-state index is 5.39. The smallest absolute Gasteiger partial charge is 0.231 e. The van der Waals surface area contributed by atoms with Crippen molar-refractivity contribution in [2.75, 3.05) is 13.6 Å². The molecule has 0 atom stereocenters. The van der Waals surface area contributed by atoms with Gasteiger partial charge in [0.2, 0.25) is 19.5 Å². The van der Waals surface area contributed by atoms with Gasteiger partial charge in [0.15, 0.2) is 28.8 Å². The van der Waals surface area contributed by atoms with E-state index < -0.39 is 0 Å². The molecule has 0 unspecified atom stereocenters. The first kappa shape index (κ1) is 14.2. The highest BCUT2D eigenvalue weighted by molar-refractivity contribution is 5.46. The van der Waals surface area contributed by atoms with Gasteiger partial charge in [-0.25, -0.2) is 0 Å². The van der Waals surface area contributed by atoms with E-state index in [-0.39, 0.29) is 13.6 Å². The quantitative estimate of drug-likeness (QED) is 0.724. The highest BCUT2D eigenvalue weighted by Crippen LogP contribution is 2.34. The van der Waals surface area contributed by atoms with Crippen molar-refractivity contribution in [1.82, 2.24) is 10.1 Å². The molecular weight excluding hydrogens is 324 g/mol. The monoisotopic (exact) mass is 338 g/mol. The zero-order valence-corrected chi connectivity index (χ0v) is 13.2. The molecule has 0 spiro atoms. The Hall–Kier alpha value is -3.22. The number of ether oxygens (including phenoxy) is 4. The summed E-state index contributed by atoms with van der Waals surface area (Å²) in [7, 11) is 0. The Morgan fingerprint density at radius 2 is 1.32 bits per heavy atom. The molecule has 7 nitrogen and oxygen atoms in total. The van der Waals surface area contributed by atoms with Crippen LogP contribution < -0.4 is 18.9 Å². The van der Waals surface area contributed by atoms with Crippen molar-refractivity contribution in [3.8, 4) is 23.0 Å². The molecule has 0 amide bonds. The predicted octanol–water partition coefficient (Wildman–Crippen LogP) is 2.71. The van der Waals surface area contributed by atoms with Crippen molar-refractivity contribution in [1.29, 1.82) is 0 Å². The average molecular weight is 338 g/mol. The fraction of sp³-hybridized carbons (Fsp3) is 0.222. The van der Waals surface area contributed by atoms with Gasteiger partial charge < -0.3 is 23.5 Å². The van der Waals surface area contributed by atoms with Crippen molar-refractivity contribution in [2.24, 2.45) is 0 Å². The molecule has 7 heteroatoms. The zero-order chi connectivity index (χ0) is 16.6. The van der Waals surface area contributed by atoms with Gasteiger partial charge in [0.1, 0.15) is 0 Å². The first-order valence-corrected chi connectivity index (χ1v) is 7.92. The Kier molecular flexibility index (Phi) is 3.22. The maximum absolute atomic E-state index is 5.39. The summed E-state index contributed by atoms with van der Waals surface area (Å²) >= 11 is 0. The third kappa shape index (κ3) is 2.73. The standard InChI is InChI=1S/C18H14N2O5/c1-3-13-15(23-9-21-13)5-11(1)7-17-19-18(25-20-17)8-12-2-4-14-16(6-12)24-10-22-14/h1-6H,7-10H2. The molecule has 0 aliphatic carbocycles. The molecular formula is C18H14N2O5. The normalized spacial score (nSPS) is 14.1. The lowest BCUT2D eigenvalue weighted by atomic mass is 10.1. The molecule has 0 saturated heterocycles. The van der Waals surface area contributed by atoms with Gasteiger partial charge >= 0.3 is 0 Å². The van der Waals surface area contributed by atoms with Gasteiger partial charge in [-0.15, -0.1) is 0 Å². The third-order valence-corrected chi connectivity index (χ3v) is 4.10. The first-order valence-electron chi connectivity index (χ1n) is 7.92. The lowest BCUT2D eigenvalue weighted by Crippen LogP contribution is -1.94. The van der Waals surface area contributed by atoms with Crippen LogP contribution in [0.25, 0.3) is 0 Å². The second-order valence-corrected chi connectivity index (χ2v) is 5.83. The molecule has 0 N–H and O–H groups in total. The Morgan fingerprint density at radius 3 is 2.00 bits per heavy atom. The van der Waals surface area contributed by atoms with Gasteiger partial charge in [0.05, 0.1) is 6.42 Å². The van der Waals surface area contributed by atoms with Crippen molar-refractivity contribution >= 4 is 0 Å². The van der Waals surface area contributed by atoms with Gasteiger partial charge in [-0.3, -0.25) is 0 Å². The van der Waals surface area contributed by atoms with E-state index in [0.717, 1.165) is 34.1 Å². The zero-order valence-electron chi connectivity index (χ0n) is 13.2. The second-order valence-electron chi connectivity index (χ2n) is 5.83. The van der Waals surface area contributed by atoms with Crippen LogP contribution in [0.5, 0.6) is 23.0 Å². The van der Waals surface area contributed by atoms with E-state index in [1.165, 1.54) is 0 Å². The summed E-state index contributed by atoms with van der Waals surface area (Å²) in [6.07, 6.45) is 1.12. The Morgan fingerprint density at radius 1 is 0.720 bits per heavy atom. The summed E-state index contributed by atoms with van der Waals surface area (Å²) < 4.78 is 26.8. The van der Waals surface area contributed by atoms with Crippen LogP contribution >= 0.6 is 0 Å². The molecule has 2 aromatic carbocycles. The maximum Gasteiger partial charge on any atom is 0.231 e. The van der Waals surface area contributed by atoms with Crippen LogP contribution in [0.3, 0.4) is 0 Å². The van der Waals surface area contributed by atoms with E-state index in [9.17, 15) is 0 Å². The second kappa shape index (κ2) is 5.70. The predicted molar refractivity (Wildman–Crippen MR) is 85.0 cm³/mol. The molecule has 3 aromatic rings. The number of benzene rings is 2. The minimum atomic E-state index is 0.263. The summed E-state index contributed by atoms with van der Waals surface area (Å²) in [5, 5.41) is 4.06. The van der Waals surface area contributed by atoms with Crippen molar-refractivity contribution in [2.45, 2.75) is 12.8 Å². The molecule has 0 saturated carbocycles. The van der Waals surface area contributed by atoms with Crippen LogP contribution in [0.15, 0.2) is 40.9 Å². The van der Waals surface area contributed by atoms with E-state index >= 15 is 0 Å². The largest absolute Gasteiger partial charge is 0.454 e. The third-order valence-electron chi connectivity index (χ3n) is 4.10. The fourth-order valence-corrected chi connectivity index (χ4v) is 2.89. The molecule has 3 heterocycles. The average Bonchev–Trinajstić information content (AvgIpc) is 3.35. The van der Waals surface area contributed by atoms with E-state index in [0.29, 0.717) is 24.6 Å². The Balaban J connectivity index is 1.30. The van der Waals surface area contributed by atoms with Gasteiger partial charge in [-0.05, 0) is 35.4 Å². The Bertz CT molecular complexity index is 863. The minimum absolute atomic E-state index is 0.263. The first-order chi connectivity index (χ1) is 12.3.